The molecule has 1 aromatic carbocycles. The molecule has 12 heavy (non-hydrogen) atoms. The van der Waals surface area contributed by atoms with Crippen LogP contribution in [0.1, 0.15) is 5.56 Å². The summed E-state index contributed by atoms with van der Waals surface area (Å²) in [7, 11) is 0. The Balaban J connectivity index is 2.45. The van der Waals surface area contributed by atoms with E-state index in [0.29, 0.717) is 12.4 Å². The lowest BCUT2D eigenvalue weighted by Gasteiger charge is -2.06. The zero-order chi connectivity index (χ0) is 8.55. The molecule has 0 aromatic heterocycles. The van der Waals surface area contributed by atoms with Crippen LogP contribution in [-0.4, -0.2) is 15.4 Å². The minimum absolute atomic E-state index is 0.288. The van der Waals surface area contributed by atoms with Crippen LogP contribution in [0.5, 0.6) is 5.75 Å². The van der Waals surface area contributed by atoms with Crippen molar-refractivity contribution < 1.29 is 13.5 Å². The van der Waals surface area contributed by atoms with E-state index in [0.717, 1.165) is 12.0 Å². The van der Waals surface area contributed by atoms with E-state index in [-0.39, 0.29) is 4.90 Å². The molecule has 0 bridgehead atoms. The van der Waals surface area contributed by atoms with Gasteiger partial charge >= 0.3 is 0 Å². The van der Waals surface area contributed by atoms with E-state index in [4.69, 9.17) is 4.74 Å². The number of benzene rings is 1. The zero-order valence-corrected chi connectivity index (χ0v) is 7.10. The third-order valence-corrected chi connectivity index (χ3v) is 2.50. The van der Waals surface area contributed by atoms with Crippen LogP contribution < -0.4 is 4.74 Å². The second-order valence-corrected chi connectivity index (χ2v) is 3.54. The van der Waals surface area contributed by atoms with Crippen LogP contribution in [0.25, 0.3) is 0 Å². The Morgan fingerprint density at radius 2 is 2.33 bits per heavy atom. The van der Waals surface area contributed by atoms with Crippen LogP contribution >= 0.6 is 0 Å². The molecule has 1 unspecified atom stereocenters. The third-order valence-electron chi connectivity index (χ3n) is 1.86. The molecule has 1 aromatic rings. The molecule has 0 N–H and O–H groups in total. The van der Waals surface area contributed by atoms with Crippen molar-refractivity contribution in [1.82, 2.24) is 0 Å². The molecule has 1 atom stereocenters. The van der Waals surface area contributed by atoms with Crippen molar-refractivity contribution in [2.75, 3.05) is 6.61 Å². The Morgan fingerprint density at radius 1 is 1.50 bits per heavy atom. The van der Waals surface area contributed by atoms with Crippen molar-refractivity contribution in [3.05, 3.63) is 23.8 Å². The van der Waals surface area contributed by atoms with E-state index in [1.807, 2.05) is 0 Å². The highest BCUT2D eigenvalue weighted by molar-refractivity contribution is 7.79. The Morgan fingerprint density at radius 3 is 3.08 bits per heavy atom. The van der Waals surface area contributed by atoms with Gasteiger partial charge in [-0.2, -0.15) is 0 Å². The number of rotatable bonds is 1. The van der Waals surface area contributed by atoms with E-state index in [1.54, 1.807) is 18.2 Å². The van der Waals surface area contributed by atoms with Crippen LogP contribution in [0, 0.1) is 0 Å². The fraction of sp³-hybridized carbons (Fsp3) is 0.250. The number of fused-ring (bicyclic) bond motifs is 1. The molecule has 3 nitrogen and oxygen atoms in total. The molecule has 1 heterocycles. The summed E-state index contributed by atoms with van der Waals surface area (Å²) in [5.41, 5.74) is 1.09. The van der Waals surface area contributed by atoms with E-state index < -0.39 is 11.1 Å². The molecule has 0 saturated carbocycles. The molecular formula is C8H7O3S-. The van der Waals surface area contributed by atoms with Gasteiger partial charge in [-0.05, 0) is 28.8 Å². The molecule has 0 radical (unpaired) electrons. The first kappa shape index (κ1) is 7.76. The zero-order valence-electron chi connectivity index (χ0n) is 6.28. The van der Waals surface area contributed by atoms with Gasteiger partial charge < -0.3 is 9.29 Å². The van der Waals surface area contributed by atoms with Gasteiger partial charge in [0.25, 0.3) is 0 Å². The Hall–Kier alpha value is -0.870. The fourth-order valence-corrected chi connectivity index (χ4v) is 1.63. The van der Waals surface area contributed by atoms with Gasteiger partial charge in [-0.25, -0.2) is 0 Å². The van der Waals surface area contributed by atoms with Crippen LogP contribution in [0.2, 0.25) is 0 Å². The highest BCUT2D eigenvalue weighted by Crippen LogP contribution is 2.26. The van der Waals surface area contributed by atoms with Crippen molar-refractivity contribution in [3.63, 3.8) is 0 Å². The van der Waals surface area contributed by atoms with Crippen LogP contribution in [0.3, 0.4) is 0 Å². The molecule has 0 aliphatic carbocycles. The summed E-state index contributed by atoms with van der Waals surface area (Å²) in [5, 5.41) is 0. The average molecular weight is 183 g/mol. The number of hydrogen-bond donors (Lipinski definition) is 0. The quantitative estimate of drug-likeness (QED) is 0.607. The predicted octanol–water partition coefficient (Wildman–Crippen LogP) is 0.860. The van der Waals surface area contributed by atoms with Gasteiger partial charge in [-0.1, -0.05) is 6.07 Å². The van der Waals surface area contributed by atoms with Crippen molar-refractivity contribution in [2.24, 2.45) is 0 Å². The summed E-state index contributed by atoms with van der Waals surface area (Å²) >= 11 is -2.15. The first-order chi connectivity index (χ1) is 5.77. The Kier molecular flexibility index (Phi) is 1.86. The average Bonchev–Trinajstić information content (AvgIpc) is 2.49. The Bertz CT molecular complexity index is 335. The van der Waals surface area contributed by atoms with Crippen LogP contribution in [0.15, 0.2) is 23.1 Å². The van der Waals surface area contributed by atoms with Gasteiger partial charge in [0.05, 0.1) is 6.61 Å². The van der Waals surface area contributed by atoms with Gasteiger partial charge in [-0.15, -0.1) is 0 Å². The minimum Gasteiger partial charge on any atom is -0.768 e. The minimum atomic E-state index is -2.15. The third kappa shape index (κ3) is 1.23. The standard InChI is InChI=1S/C8H8O3S/c9-12(10)7-2-1-6-3-4-11-8(6)5-7/h1-2,5H,3-4H2,(H,9,10)/p-1. The smallest absolute Gasteiger partial charge is 0.123 e. The molecule has 1 aliphatic heterocycles. The second-order valence-electron chi connectivity index (χ2n) is 2.60. The highest BCUT2D eigenvalue weighted by atomic mass is 32.2. The van der Waals surface area contributed by atoms with E-state index in [9.17, 15) is 8.76 Å². The topological polar surface area (TPSA) is 49.4 Å². The number of ether oxygens (including phenoxy) is 1. The van der Waals surface area contributed by atoms with Gasteiger partial charge in [0.1, 0.15) is 5.75 Å². The molecule has 4 heteroatoms. The maximum absolute atomic E-state index is 10.5. The summed E-state index contributed by atoms with van der Waals surface area (Å²) in [6.45, 7) is 0.657. The normalized spacial score (nSPS) is 16.8. The summed E-state index contributed by atoms with van der Waals surface area (Å²) in [4.78, 5) is 0.288. The summed E-state index contributed by atoms with van der Waals surface area (Å²) in [5.74, 6) is 0.705. The summed E-state index contributed by atoms with van der Waals surface area (Å²) in [6, 6.07) is 4.95. The van der Waals surface area contributed by atoms with Crippen molar-refractivity contribution in [1.29, 1.82) is 0 Å². The molecule has 1 aliphatic rings. The lowest BCUT2D eigenvalue weighted by Crippen LogP contribution is -1.89. The van der Waals surface area contributed by atoms with Crippen LogP contribution in [-0.2, 0) is 17.5 Å². The monoisotopic (exact) mass is 183 g/mol. The van der Waals surface area contributed by atoms with Gasteiger partial charge in [-0.3, -0.25) is 4.21 Å². The fourth-order valence-electron chi connectivity index (χ4n) is 1.25. The summed E-state index contributed by atoms with van der Waals surface area (Å²) in [6.07, 6.45) is 0.876. The first-order valence-corrected chi connectivity index (χ1v) is 4.70. The van der Waals surface area contributed by atoms with Crippen molar-refractivity contribution in [2.45, 2.75) is 11.3 Å². The first-order valence-electron chi connectivity index (χ1n) is 3.62. The van der Waals surface area contributed by atoms with E-state index in [1.165, 1.54) is 0 Å². The molecule has 64 valence electrons. The van der Waals surface area contributed by atoms with E-state index in [2.05, 4.69) is 0 Å². The largest absolute Gasteiger partial charge is 0.768 e. The van der Waals surface area contributed by atoms with Gasteiger partial charge in [0.15, 0.2) is 0 Å². The molecule has 0 fully saturated rings. The van der Waals surface area contributed by atoms with Gasteiger partial charge in [0, 0.05) is 11.3 Å². The van der Waals surface area contributed by atoms with Gasteiger partial charge in [0.2, 0.25) is 0 Å². The van der Waals surface area contributed by atoms with Crippen molar-refractivity contribution in [3.8, 4) is 5.75 Å². The molecule has 2 rings (SSSR count). The molecule has 0 spiro atoms. The lowest BCUT2D eigenvalue weighted by atomic mass is 10.2. The van der Waals surface area contributed by atoms with E-state index >= 15 is 0 Å². The van der Waals surface area contributed by atoms with Crippen molar-refractivity contribution >= 4 is 11.1 Å². The maximum atomic E-state index is 10.5. The number of hydrogen-bond acceptors (Lipinski definition) is 3. The molecule has 0 saturated heterocycles. The maximum Gasteiger partial charge on any atom is 0.123 e. The summed E-state index contributed by atoms with van der Waals surface area (Å²) < 4.78 is 26.3. The predicted molar refractivity (Wildman–Crippen MR) is 42.8 cm³/mol. The lowest BCUT2D eigenvalue weighted by molar-refractivity contribution is 0.356. The molecule has 0 amide bonds. The van der Waals surface area contributed by atoms with Crippen LogP contribution in [0.4, 0.5) is 0 Å². The second kappa shape index (κ2) is 2.88. The highest BCUT2D eigenvalue weighted by Gasteiger charge is 2.11. The molecular weight excluding hydrogens is 176 g/mol. The SMILES string of the molecule is O=S([O-])c1ccc2c(c1)OCC2. The Labute approximate surface area is 72.6 Å².